The Kier molecular flexibility index (Phi) is 7.89. The Bertz CT molecular complexity index is 1100. The van der Waals surface area contributed by atoms with Crippen molar-refractivity contribution in [2.75, 3.05) is 31.6 Å². The highest BCUT2D eigenvalue weighted by Gasteiger charge is 2.28. The smallest absolute Gasteiger partial charge is 0.257 e. The fourth-order valence-corrected chi connectivity index (χ4v) is 4.80. The summed E-state index contributed by atoms with van der Waals surface area (Å²) in [5.74, 6) is -0.928. The van der Waals surface area contributed by atoms with E-state index >= 15 is 0 Å². The Labute approximate surface area is 192 Å². The van der Waals surface area contributed by atoms with Crippen molar-refractivity contribution in [1.29, 1.82) is 0 Å². The SMILES string of the molecule is CCC(C)NC(=O)c1ccccc1NC(=O)c1cc(S(=O)(=O)N2CCOCC2)ccc1Cl. The average Bonchev–Trinajstić information content (AvgIpc) is 2.79. The molecule has 1 aliphatic heterocycles. The first-order valence-electron chi connectivity index (χ1n) is 10.3. The number of halogens is 1. The molecule has 2 aromatic rings. The van der Waals surface area contributed by atoms with Gasteiger partial charge in [0.05, 0.1) is 39.9 Å². The largest absolute Gasteiger partial charge is 0.379 e. The van der Waals surface area contributed by atoms with Crippen LogP contribution in [0.3, 0.4) is 0 Å². The Morgan fingerprint density at radius 2 is 1.78 bits per heavy atom. The zero-order valence-corrected chi connectivity index (χ0v) is 19.5. The number of anilines is 1. The highest BCUT2D eigenvalue weighted by molar-refractivity contribution is 7.89. The molecule has 2 amide bonds. The predicted octanol–water partition coefficient (Wildman–Crippen LogP) is 3.14. The van der Waals surface area contributed by atoms with Crippen molar-refractivity contribution in [1.82, 2.24) is 9.62 Å². The monoisotopic (exact) mass is 479 g/mol. The molecule has 0 aromatic heterocycles. The number of benzene rings is 2. The van der Waals surface area contributed by atoms with Gasteiger partial charge in [-0.05, 0) is 43.7 Å². The van der Waals surface area contributed by atoms with E-state index in [0.717, 1.165) is 6.42 Å². The van der Waals surface area contributed by atoms with Crippen LogP contribution in [-0.2, 0) is 14.8 Å². The summed E-state index contributed by atoms with van der Waals surface area (Å²) < 4.78 is 32.4. The minimum Gasteiger partial charge on any atom is -0.379 e. The van der Waals surface area contributed by atoms with E-state index in [-0.39, 0.29) is 40.5 Å². The van der Waals surface area contributed by atoms with Crippen LogP contribution in [0.1, 0.15) is 41.0 Å². The summed E-state index contributed by atoms with van der Waals surface area (Å²) in [7, 11) is -3.80. The van der Waals surface area contributed by atoms with Gasteiger partial charge in [0.1, 0.15) is 0 Å². The van der Waals surface area contributed by atoms with Gasteiger partial charge < -0.3 is 15.4 Å². The number of carbonyl (C=O) groups excluding carboxylic acids is 2. The van der Waals surface area contributed by atoms with Gasteiger partial charge in [0.15, 0.2) is 0 Å². The van der Waals surface area contributed by atoms with Crippen LogP contribution in [0.5, 0.6) is 0 Å². The van der Waals surface area contributed by atoms with Gasteiger partial charge in [0.25, 0.3) is 11.8 Å². The Hall–Kier alpha value is -2.46. The molecule has 1 heterocycles. The summed E-state index contributed by atoms with van der Waals surface area (Å²) in [6.07, 6.45) is 0.764. The molecule has 0 saturated carbocycles. The lowest BCUT2D eigenvalue weighted by Crippen LogP contribution is -2.40. The number of nitrogens with zero attached hydrogens (tertiary/aromatic N) is 1. The zero-order chi connectivity index (χ0) is 23.3. The highest BCUT2D eigenvalue weighted by Crippen LogP contribution is 2.25. The van der Waals surface area contributed by atoms with Crippen molar-refractivity contribution in [3.8, 4) is 0 Å². The third-order valence-corrected chi connectivity index (χ3v) is 7.42. The lowest BCUT2D eigenvalue weighted by molar-refractivity contribution is 0.0730. The second-order valence-electron chi connectivity index (χ2n) is 7.44. The molecule has 2 N–H and O–H groups in total. The summed E-state index contributed by atoms with van der Waals surface area (Å²) in [5.41, 5.74) is 0.600. The normalized spacial score (nSPS) is 15.7. The Morgan fingerprint density at radius 1 is 1.09 bits per heavy atom. The van der Waals surface area contributed by atoms with E-state index in [0.29, 0.717) is 24.5 Å². The molecule has 0 aliphatic carbocycles. The number of nitrogens with one attached hydrogen (secondary N) is 2. The molecule has 32 heavy (non-hydrogen) atoms. The maximum atomic E-state index is 13.0. The van der Waals surface area contributed by atoms with Crippen molar-refractivity contribution < 1.29 is 22.7 Å². The van der Waals surface area contributed by atoms with E-state index in [1.807, 2.05) is 13.8 Å². The van der Waals surface area contributed by atoms with Crippen molar-refractivity contribution >= 4 is 39.1 Å². The average molecular weight is 480 g/mol. The molecule has 1 atom stereocenters. The number of rotatable bonds is 7. The zero-order valence-electron chi connectivity index (χ0n) is 17.9. The quantitative estimate of drug-likeness (QED) is 0.634. The number of amides is 2. The molecule has 0 spiro atoms. The summed E-state index contributed by atoms with van der Waals surface area (Å²) in [6, 6.07) is 10.6. The maximum Gasteiger partial charge on any atom is 0.257 e. The van der Waals surface area contributed by atoms with Gasteiger partial charge in [-0.25, -0.2) is 8.42 Å². The van der Waals surface area contributed by atoms with Crippen molar-refractivity contribution in [2.45, 2.75) is 31.2 Å². The molecule has 0 radical (unpaired) electrons. The number of morpholine rings is 1. The van der Waals surface area contributed by atoms with Crippen molar-refractivity contribution in [3.05, 3.63) is 58.6 Å². The Morgan fingerprint density at radius 3 is 2.47 bits per heavy atom. The standard InChI is InChI=1S/C22H26ClN3O5S/c1-3-15(2)24-21(27)17-6-4-5-7-20(17)25-22(28)18-14-16(8-9-19(18)23)32(29,30)26-10-12-31-13-11-26/h4-9,14-15H,3,10-13H2,1-2H3,(H,24,27)(H,25,28). The molecule has 10 heteroatoms. The fraction of sp³-hybridized carbons (Fsp3) is 0.364. The second-order valence-corrected chi connectivity index (χ2v) is 9.79. The van der Waals surface area contributed by atoms with E-state index in [4.69, 9.17) is 16.3 Å². The lowest BCUT2D eigenvalue weighted by Gasteiger charge is -2.26. The molecule has 1 unspecified atom stereocenters. The number of carbonyl (C=O) groups is 2. The van der Waals surface area contributed by atoms with Crippen LogP contribution < -0.4 is 10.6 Å². The van der Waals surface area contributed by atoms with E-state index in [9.17, 15) is 18.0 Å². The van der Waals surface area contributed by atoms with Crippen LogP contribution in [0.15, 0.2) is 47.4 Å². The first kappa shape index (κ1) is 24.2. The maximum absolute atomic E-state index is 13.0. The molecule has 2 aromatic carbocycles. The summed E-state index contributed by atoms with van der Waals surface area (Å²) in [4.78, 5) is 25.6. The van der Waals surface area contributed by atoms with Gasteiger partial charge in [-0.1, -0.05) is 30.7 Å². The van der Waals surface area contributed by atoms with Gasteiger partial charge >= 0.3 is 0 Å². The molecule has 1 fully saturated rings. The number of sulfonamides is 1. The third kappa shape index (κ3) is 5.47. The first-order valence-corrected chi connectivity index (χ1v) is 12.1. The number of hydrogen-bond donors (Lipinski definition) is 2. The highest BCUT2D eigenvalue weighted by atomic mass is 35.5. The Balaban J connectivity index is 1.86. The first-order chi connectivity index (χ1) is 15.2. The summed E-state index contributed by atoms with van der Waals surface area (Å²) in [6.45, 7) is 4.96. The van der Waals surface area contributed by atoms with Crippen LogP contribution >= 0.6 is 11.6 Å². The number of ether oxygens (including phenoxy) is 1. The minimum absolute atomic E-state index is 0.00172. The molecule has 0 bridgehead atoms. The van der Waals surface area contributed by atoms with Gasteiger partial charge in [0.2, 0.25) is 10.0 Å². The minimum atomic E-state index is -3.80. The van der Waals surface area contributed by atoms with Crippen LogP contribution in [0.25, 0.3) is 0 Å². The topological polar surface area (TPSA) is 105 Å². The number of hydrogen-bond acceptors (Lipinski definition) is 5. The molecule has 8 nitrogen and oxygen atoms in total. The van der Waals surface area contributed by atoms with E-state index < -0.39 is 15.9 Å². The number of para-hydroxylation sites is 1. The van der Waals surface area contributed by atoms with Crippen LogP contribution in [0.4, 0.5) is 5.69 Å². The van der Waals surface area contributed by atoms with Crippen molar-refractivity contribution in [2.24, 2.45) is 0 Å². The van der Waals surface area contributed by atoms with E-state index in [1.165, 1.54) is 22.5 Å². The van der Waals surface area contributed by atoms with Gasteiger partial charge in [-0.3, -0.25) is 9.59 Å². The molecular formula is C22H26ClN3O5S. The second kappa shape index (κ2) is 10.4. The van der Waals surface area contributed by atoms with Crippen molar-refractivity contribution in [3.63, 3.8) is 0 Å². The molecule has 3 rings (SSSR count). The van der Waals surface area contributed by atoms with Gasteiger partial charge in [-0.15, -0.1) is 0 Å². The van der Waals surface area contributed by atoms with Gasteiger partial charge in [0, 0.05) is 19.1 Å². The molecule has 1 saturated heterocycles. The fourth-order valence-electron chi connectivity index (χ4n) is 3.16. The van der Waals surface area contributed by atoms with E-state index in [1.54, 1.807) is 24.3 Å². The van der Waals surface area contributed by atoms with E-state index in [2.05, 4.69) is 10.6 Å². The van der Waals surface area contributed by atoms with Crippen LogP contribution in [-0.4, -0.2) is 56.9 Å². The molecule has 1 aliphatic rings. The molecule has 172 valence electrons. The third-order valence-electron chi connectivity index (χ3n) is 5.20. The predicted molar refractivity (Wildman–Crippen MR) is 123 cm³/mol. The van der Waals surface area contributed by atoms with Crippen LogP contribution in [0, 0.1) is 0 Å². The van der Waals surface area contributed by atoms with Crippen LogP contribution in [0.2, 0.25) is 5.02 Å². The van der Waals surface area contributed by atoms with Gasteiger partial charge in [-0.2, -0.15) is 4.31 Å². The summed E-state index contributed by atoms with van der Waals surface area (Å²) in [5, 5.41) is 5.65. The summed E-state index contributed by atoms with van der Waals surface area (Å²) >= 11 is 6.21. The lowest BCUT2D eigenvalue weighted by atomic mass is 10.1. The molecular weight excluding hydrogens is 454 g/mol.